The van der Waals surface area contributed by atoms with Gasteiger partial charge >= 0.3 is 5.97 Å². The standard InChI is InChI=1S/C18H21N3O3/c1-18(12-6-4-3-5-7-12)9-14(18)16(22)21-15(17(23)24-2)8-13-10-19-11-20-13/h3-7,10-11,14-15H,8-9H2,1-2H3,(H,19,20)(H,21,22)/t14-,15+,18+/m0/s1. The Hall–Kier alpha value is -2.63. The van der Waals surface area contributed by atoms with Crippen LogP contribution in [0.15, 0.2) is 42.9 Å². The van der Waals surface area contributed by atoms with Gasteiger partial charge in [-0.15, -0.1) is 0 Å². The number of carbonyl (C=O) groups excluding carboxylic acids is 2. The van der Waals surface area contributed by atoms with E-state index in [0.29, 0.717) is 6.42 Å². The Morgan fingerprint density at radius 1 is 1.42 bits per heavy atom. The number of rotatable bonds is 6. The fraction of sp³-hybridized carbons (Fsp3) is 0.389. The maximum absolute atomic E-state index is 12.6. The van der Waals surface area contributed by atoms with E-state index in [1.165, 1.54) is 7.11 Å². The number of hydrogen-bond acceptors (Lipinski definition) is 4. The molecule has 1 aliphatic carbocycles. The van der Waals surface area contributed by atoms with Crippen LogP contribution in [0, 0.1) is 5.92 Å². The summed E-state index contributed by atoms with van der Waals surface area (Å²) in [6, 6.07) is 9.27. The van der Waals surface area contributed by atoms with Crippen molar-refractivity contribution in [2.75, 3.05) is 7.11 Å². The van der Waals surface area contributed by atoms with Crippen LogP contribution in [-0.2, 0) is 26.2 Å². The molecule has 1 amide bonds. The Bertz CT molecular complexity index is 714. The van der Waals surface area contributed by atoms with Gasteiger partial charge in [-0.25, -0.2) is 9.78 Å². The van der Waals surface area contributed by atoms with Crippen molar-refractivity contribution < 1.29 is 14.3 Å². The Labute approximate surface area is 140 Å². The number of esters is 1. The molecular formula is C18H21N3O3. The van der Waals surface area contributed by atoms with Crippen molar-refractivity contribution in [1.29, 1.82) is 0 Å². The van der Waals surface area contributed by atoms with E-state index < -0.39 is 12.0 Å². The van der Waals surface area contributed by atoms with Gasteiger partial charge in [-0.1, -0.05) is 37.3 Å². The summed E-state index contributed by atoms with van der Waals surface area (Å²) in [5.74, 6) is -0.704. The number of carbonyl (C=O) groups is 2. The molecule has 3 rings (SSSR count). The monoisotopic (exact) mass is 327 g/mol. The number of aromatic amines is 1. The number of amides is 1. The summed E-state index contributed by atoms with van der Waals surface area (Å²) < 4.78 is 4.81. The first-order valence-electron chi connectivity index (χ1n) is 7.95. The van der Waals surface area contributed by atoms with Crippen LogP contribution in [0.5, 0.6) is 0 Å². The van der Waals surface area contributed by atoms with Gasteiger partial charge in [0.2, 0.25) is 5.91 Å². The lowest BCUT2D eigenvalue weighted by molar-refractivity contribution is -0.145. The minimum atomic E-state index is -0.719. The zero-order chi connectivity index (χ0) is 17.2. The zero-order valence-electron chi connectivity index (χ0n) is 13.8. The van der Waals surface area contributed by atoms with Crippen molar-refractivity contribution in [3.05, 3.63) is 54.1 Å². The maximum atomic E-state index is 12.6. The van der Waals surface area contributed by atoms with Crippen molar-refractivity contribution in [1.82, 2.24) is 15.3 Å². The third-order valence-electron chi connectivity index (χ3n) is 4.77. The Balaban J connectivity index is 1.67. The molecule has 0 radical (unpaired) electrons. The average Bonchev–Trinajstić information content (AvgIpc) is 3.05. The molecule has 0 saturated heterocycles. The molecular weight excluding hydrogens is 306 g/mol. The van der Waals surface area contributed by atoms with Crippen LogP contribution < -0.4 is 5.32 Å². The number of benzene rings is 1. The molecule has 0 bridgehead atoms. The zero-order valence-corrected chi connectivity index (χ0v) is 13.8. The normalized spacial score (nSPS) is 23.3. The number of hydrogen-bond donors (Lipinski definition) is 2. The maximum Gasteiger partial charge on any atom is 0.328 e. The summed E-state index contributed by atoms with van der Waals surface area (Å²) in [5.41, 5.74) is 1.75. The van der Waals surface area contributed by atoms with Gasteiger partial charge < -0.3 is 15.0 Å². The molecule has 1 fully saturated rings. The second-order valence-corrected chi connectivity index (χ2v) is 6.41. The summed E-state index contributed by atoms with van der Waals surface area (Å²) in [6.07, 6.45) is 4.28. The predicted octanol–water partition coefficient (Wildman–Crippen LogP) is 1.59. The van der Waals surface area contributed by atoms with Gasteiger partial charge in [0.25, 0.3) is 0 Å². The molecule has 2 aromatic rings. The van der Waals surface area contributed by atoms with Gasteiger partial charge in [-0.05, 0) is 12.0 Å². The molecule has 1 saturated carbocycles. The van der Waals surface area contributed by atoms with E-state index in [2.05, 4.69) is 22.2 Å². The molecule has 1 aromatic heterocycles. The van der Waals surface area contributed by atoms with Gasteiger partial charge in [-0.2, -0.15) is 0 Å². The van der Waals surface area contributed by atoms with E-state index in [0.717, 1.165) is 17.7 Å². The van der Waals surface area contributed by atoms with Gasteiger partial charge in [0.05, 0.1) is 13.4 Å². The highest BCUT2D eigenvalue weighted by atomic mass is 16.5. The average molecular weight is 327 g/mol. The lowest BCUT2D eigenvalue weighted by atomic mass is 9.95. The SMILES string of the molecule is COC(=O)[C@@H](Cc1cnc[nH]1)NC(=O)[C@@H]1C[C@]1(C)c1ccccc1. The lowest BCUT2D eigenvalue weighted by Crippen LogP contribution is -2.44. The van der Waals surface area contributed by atoms with E-state index in [1.54, 1.807) is 12.5 Å². The number of nitrogens with one attached hydrogen (secondary N) is 2. The molecule has 6 nitrogen and oxygen atoms in total. The fourth-order valence-corrected chi connectivity index (χ4v) is 3.11. The van der Waals surface area contributed by atoms with Crippen molar-refractivity contribution in [3.63, 3.8) is 0 Å². The van der Waals surface area contributed by atoms with Crippen LogP contribution in [0.25, 0.3) is 0 Å². The van der Waals surface area contributed by atoms with Crippen LogP contribution in [0.1, 0.15) is 24.6 Å². The summed E-state index contributed by atoms with van der Waals surface area (Å²) in [7, 11) is 1.32. The summed E-state index contributed by atoms with van der Waals surface area (Å²) in [5, 5.41) is 2.83. The first-order valence-corrected chi connectivity index (χ1v) is 7.95. The molecule has 0 aliphatic heterocycles. The molecule has 3 atom stereocenters. The molecule has 1 heterocycles. The lowest BCUT2D eigenvalue weighted by Gasteiger charge is -2.17. The summed E-state index contributed by atoms with van der Waals surface area (Å²) in [6.45, 7) is 2.08. The highest BCUT2D eigenvalue weighted by Crippen LogP contribution is 2.53. The first kappa shape index (κ1) is 16.2. The molecule has 1 aliphatic rings. The quantitative estimate of drug-likeness (QED) is 0.789. The summed E-state index contributed by atoms with van der Waals surface area (Å²) >= 11 is 0. The second kappa shape index (κ2) is 6.47. The minimum absolute atomic E-state index is 0.115. The largest absolute Gasteiger partial charge is 0.467 e. The van der Waals surface area contributed by atoms with Gasteiger partial charge in [0, 0.05) is 29.6 Å². The highest BCUT2D eigenvalue weighted by Gasteiger charge is 2.55. The molecule has 0 spiro atoms. The van der Waals surface area contributed by atoms with E-state index in [1.807, 2.05) is 30.3 Å². The highest BCUT2D eigenvalue weighted by molar-refractivity contribution is 5.89. The number of nitrogens with zero attached hydrogens (tertiary/aromatic N) is 1. The number of H-pyrrole nitrogens is 1. The van der Waals surface area contributed by atoms with Crippen LogP contribution in [0.4, 0.5) is 0 Å². The number of imidazole rings is 1. The Morgan fingerprint density at radius 3 is 2.79 bits per heavy atom. The second-order valence-electron chi connectivity index (χ2n) is 6.41. The molecule has 1 aromatic carbocycles. The van der Waals surface area contributed by atoms with E-state index >= 15 is 0 Å². The van der Waals surface area contributed by atoms with Gasteiger partial charge in [0.1, 0.15) is 6.04 Å². The molecule has 0 unspecified atom stereocenters. The minimum Gasteiger partial charge on any atom is -0.467 e. The molecule has 6 heteroatoms. The molecule has 2 N–H and O–H groups in total. The molecule has 24 heavy (non-hydrogen) atoms. The van der Waals surface area contributed by atoms with E-state index in [4.69, 9.17) is 4.74 Å². The fourth-order valence-electron chi connectivity index (χ4n) is 3.11. The van der Waals surface area contributed by atoms with Crippen molar-refractivity contribution >= 4 is 11.9 Å². The predicted molar refractivity (Wildman–Crippen MR) is 88.1 cm³/mol. The van der Waals surface area contributed by atoms with Crippen LogP contribution in [0.3, 0.4) is 0 Å². The van der Waals surface area contributed by atoms with Gasteiger partial charge in [0.15, 0.2) is 0 Å². The Kier molecular flexibility index (Phi) is 4.38. The number of methoxy groups -OCH3 is 1. The summed E-state index contributed by atoms with van der Waals surface area (Å²) in [4.78, 5) is 31.5. The Morgan fingerprint density at radius 2 is 2.17 bits per heavy atom. The van der Waals surface area contributed by atoms with Gasteiger partial charge in [-0.3, -0.25) is 4.79 Å². The number of ether oxygens (including phenoxy) is 1. The van der Waals surface area contributed by atoms with Crippen LogP contribution >= 0.6 is 0 Å². The topological polar surface area (TPSA) is 84.1 Å². The smallest absolute Gasteiger partial charge is 0.328 e. The van der Waals surface area contributed by atoms with Crippen molar-refractivity contribution in [3.8, 4) is 0 Å². The van der Waals surface area contributed by atoms with E-state index in [-0.39, 0.29) is 17.2 Å². The third kappa shape index (κ3) is 3.18. The molecule has 126 valence electrons. The van der Waals surface area contributed by atoms with E-state index in [9.17, 15) is 9.59 Å². The first-order chi connectivity index (χ1) is 11.5. The number of aromatic nitrogens is 2. The van der Waals surface area contributed by atoms with Crippen LogP contribution in [0.2, 0.25) is 0 Å². The van der Waals surface area contributed by atoms with Crippen molar-refractivity contribution in [2.24, 2.45) is 5.92 Å². The third-order valence-corrected chi connectivity index (χ3v) is 4.77. The van der Waals surface area contributed by atoms with Crippen LogP contribution in [-0.4, -0.2) is 35.0 Å². The van der Waals surface area contributed by atoms with Crippen molar-refractivity contribution in [2.45, 2.75) is 31.2 Å².